The van der Waals surface area contributed by atoms with Gasteiger partial charge in [-0.2, -0.15) is 5.10 Å². The molecule has 1 aromatic heterocycles. The van der Waals surface area contributed by atoms with E-state index in [-0.39, 0.29) is 17.9 Å². The fourth-order valence-electron chi connectivity index (χ4n) is 1.84. The third kappa shape index (κ3) is 4.26. The van der Waals surface area contributed by atoms with Crippen molar-refractivity contribution in [3.63, 3.8) is 0 Å². The number of aromatic nitrogens is 3. The van der Waals surface area contributed by atoms with Crippen LogP contribution in [0.1, 0.15) is 46.0 Å². The second-order valence-electron chi connectivity index (χ2n) is 4.59. The predicted molar refractivity (Wildman–Crippen MR) is 66.9 cm³/mol. The molecule has 0 fully saturated rings. The topological polar surface area (TPSA) is 59.8 Å². The van der Waals surface area contributed by atoms with E-state index in [1.807, 2.05) is 27.7 Å². The zero-order valence-corrected chi connectivity index (χ0v) is 11.1. The van der Waals surface area contributed by atoms with Crippen LogP contribution < -0.4 is 5.32 Å². The van der Waals surface area contributed by atoms with Crippen LogP contribution in [0.15, 0.2) is 6.33 Å². The zero-order chi connectivity index (χ0) is 12.8. The lowest BCUT2D eigenvalue weighted by atomic mass is 10.1. The maximum absolute atomic E-state index is 11.8. The summed E-state index contributed by atoms with van der Waals surface area (Å²) >= 11 is 0. The summed E-state index contributed by atoms with van der Waals surface area (Å²) in [6, 6.07) is 0.467. The molecule has 5 nitrogen and oxygen atoms in total. The van der Waals surface area contributed by atoms with E-state index in [9.17, 15) is 4.79 Å². The van der Waals surface area contributed by atoms with Crippen LogP contribution in [0.3, 0.4) is 0 Å². The summed E-state index contributed by atoms with van der Waals surface area (Å²) < 4.78 is 1.80. The Labute approximate surface area is 103 Å². The molecular formula is C12H22N4O. The van der Waals surface area contributed by atoms with E-state index in [2.05, 4.69) is 15.4 Å². The Balaban J connectivity index is 2.53. The van der Waals surface area contributed by atoms with Gasteiger partial charge < -0.3 is 5.32 Å². The largest absolute Gasteiger partial charge is 0.314 e. The molecule has 1 unspecified atom stereocenters. The molecule has 0 bridgehead atoms. The van der Waals surface area contributed by atoms with E-state index < -0.39 is 0 Å². The Morgan fingerprint density at radius 3 is 2.76 bits per heavy atom. The SMILES string of the molecule is CCNC(C)CC(=O)Cc1ncnn1C(C)C. The molecule has 1 rings (SSSR count). The van der Waals surface area contributed by atoms with Crippen LogP contribution in [0.2, 0.25) is 0 Å². The Morgan fingerprint density at radius 2 is 2.18 bits per heavy atom. The standard InChI is InChI=1S/C12H22N4O/c1-5-13-10(4)6-11(17)7-12-14-8-15-16(12)9(2)3/h8-10,13H,5-7H2,1-4H3. The number of rotatable bonds is 7. The molecule has 0 saturated heterocycles. The third-order valence-electron chi connectivity index (χ3n) is 2.58. The molecule has 0 amide bonds. The van der Waals surface area contributed by atoms with Crippen LogP contribution in [-0.2, 0) is 11.2 Å². The van der Waals surface area contributed by atoms with Gasteiger partial charge in [0.25, 0.3) is 0 Å². The summed E-state index contributed by atoms with van der Waals surface area (Å²) in [6.07, 6.45) is 2.42. The first-order chi connectivity index (χ1) is 8.04. The molecule has 0 spiro atoms. The maximum atomic E-state index is 11.8. The quantitative estimate of drug-likeness (QED) is 0.779. The Bertz CT molecular complexity index is 359. The number of nitrogens with zero attached hydrogens (tertiary/aromatic N) is 3. The highest BCUT2D eigenvalue weighted by Crippen LogP contribution is 2.07. The van der Waals surface area contributed by atoms with Crippen LogP contribution >= 0.6 is 0 Å². The van der Waals surface area contributed by atoms with Crippen LogP contribution in [0.25, 0.3) is 0 Å². The van der Waals surface area contributed by atoms with Gasteiger partial charge in [-0.1, -0.05) is 6.92 Å². The fourth-order valence-corrected chi connectivity index (χ4v) is 1.84. The van der Waals surface area contributed by atoms with Crippen molar-refractivity contribution in [1.29, 1.82) is 0 Å². The van der Waals surface area contributed by atoms with Crippen molar-refractivity contribution in [3.8, 4) is 0 Å². The molecule has 5 heteroatoms. The van der Waals surface area contributed by atoms with E-state index in [1.54, 1.807) is 4.68 Å². The van der Waals surface area contributed by atoms with Gasteiger partial charge in [-0.15, -0.1) is 0 Å². The van der Waals surface area contributed by atoms with Crippen LogP contribution in [0, 0.1) is 0 Å². The summed E-state index contributed by atoms with van der Waals surface area (Å²) in [7, 11) is 0. The second kappa shape index (κ2) is 6.49. The normalized spacial score (nSPS) is 13.0. The van der Waals surface area contributed by atoms with E-state index in [4.69, 9.17) is 0 Å². The number of carbonyl (C=O) groups is 1. The molecule has 0 aliphatic heterocycles. The summed E-state index contributed by atoms with van der Waals surface area (Å²) in [4.78, 5) is 16.0. The van der Waals surface area contributed by atoms with Crippen molar-refractivity contribution in [1.82, 2.24) is 20.1 Å². The predicted octanol–water partition coefficient (Wildman–Crippen LogP) is 1.36. The minimum atomic E-state index is 0.202. The Hall–Kier alpha value is -1.23. The van der Waals surface area contributed by atoms with Gasteiger partial charge in [0.05, 0.1) is 6.42 Å². The monoisotopic (exact) mass is 238 g/mol. The summed E-state index contributed by atoms with van der Waals surface area (Å²) in [5.41, 5.74) is 0. The highest BCUT2D eigenvalue weighted by atomic mass is 16.1. The summed E-state index contributed by atoms with van der Waals surface area (Å²) in [6.45, 7) is 9.01. The van der Waals surface area contributed by atoms with E-state index in [0.29, 0.717) is 12.8 Å². The lowest BCUT2D eigenvalue weighted by Gasteiger charge is -2.12. The molecule has 1 aromatic rings. The molecule has 17 heavy (non-hydrogen) atoms. The number of Topliss-reactive ketones (excluding diaryl/α,β-unsaturated/α-hetero) is 1. The van der Waals surface area contributed by atoms with Crippen molar-refractivity contribution in [2.24, 2.45) is 0 Å². The average Bonchev–Trinajstić information content (AvgIpc) is 2.65. The molecule has 0 aliphatic carbocycles. The molecule has 96 valence electrons. The van der Waals surface area contributed by atoms with Gasteiger partial charge in [-0.05, 0) is 27.3 Å². The van der Waals surface area contributed by atoms with Crippen molar-refractivity contribution >= 4 is 5.78 Å². The van der Waals surface area contributed by atoms with Gasteiger partial charge in [0.1, 0.15) is 17.9 Å². The van der Waals surface area contributed by atoms with Gasteiger partial charge in [0.2, 0.25) is 0 Å². The third-order valence-corrected chi connectivity index (χ3v) is 2.58. The van der Waals surface area contributed by atoms with Crippen LogP contribution in [0.5, 0.6) is 0 Å². The highest BCUT2D eigenvalue weighted by Gasteiger charge is 2.14. The maximum Gasteiger partial charge on any atom is 0.142 e. The Kier molecular flexibility index (Phi) is 5.28. The van der Waals surface area contributed by atoms with Gasteiger partial charge in [0, 0.05) is 18.5 Å². The molecule has 0 saturated carbocycles. The molecule has 0 aromatic carbocycles. The van der Waals surface area contributed by atoms with Crippen molar-refractivity contribution < 1.29 is 4.79 Å². The molecular weight excluding hydrogens is 216 g/mol. The second-order valence-corrected chi connectivity index (χ2v) is 4.59. The lowest BCUT2D eigenvalue weighted by Crippen LogP contribution is -2.29. The molecule has 1 heterocycles. The fraction of sp³-hybridized carbons (Fsp3) is 0.750. The Morgan fingerprint density at radius 1 is 1.47 bits per heavy atom. The molecule has 1 atom stereocenters. The minimum absolute atomic E-state index is 0.202. The van der Waals surface area contributed by atoms with E-state index in [0.717, 1.165) is 12.4 Å². The van der Waals surface area contributed by atoms with Gasteiger partial charge in [-0.3, -0.25) is 4.79 Å². The van der Waals surface area contributed by atoms with Crippen molar-refractivity contribution in [3.05, 3.63) is 12.2 Å². The number of hydrogen-bond acceptors (Lipinski definition) is 4. The summed E-state index contributed by atoms with van der Waals surface area (Å²) in [5, 5.41) is 7.35. The van der Waals surface area contributed by atoms with Gasteiger partial charge in [-0.25, -0.2) is 9.67 Å². The number of hydrogen-bond donors (Lipinski definition) is 1. The average molecular weight is 238 g/mol. The smallest absolute Gasteiger partial charge is 0.142 e. The van der Waals surface area contributed by atoms with Crippen LogP contribution in [0.4, 0.5) is 0 Å². The van der Waals surface area contributed by atoms with Crippen molar-refractivity contribution in [2.75, 3.05) is 6.54 Å². The minimum Gasteiger partial charge on any atom is -0.314 e. The van der Waals surface area contributed by atoms with E-state index in [1.165, 1.54) is 6.33 Å². The molecule has 1 N–H and O–H groups in total. The van der Waals surface area contributed by atoms with Gasteiger partial charge >= 0.3 is 0 Å². The zero-order valence-electron chi connectivity index (χ0n) is 11.1. The van der Waals surface area contributed by atoms with Crippen LogP contribution in [-0.4, -0.2) is 33.1 Å². The highest BCUT2D eigenvalue weighted by molar-refractivity contribution is 5.80. The first kappa shape index (κ1) is 13.8. The lowest BCUT2D eigenvalue weighted by molar-refractivity contribution is -0.119. The van der Waals surface area contributed by atoms with E-state index >= 15 is 0 Å². The van der Waals surface area contributed by atoms with Gasteiger partial charge in [0.15, 0.2) is 0 Å². The first-order valence-corrected chi connectivity index (χ1v) is 6.18. The number of ketones is 1. The van der Waals surface area contributed by atoms with Crippen molar-refractivity contribution in [2.45, 2.75) is 52.6 Å². The first-order valence-electron chi connectivity index (χ1n) is 6.18. The number of carbonyl (C=O) groups excluding carboxylic acids is 1. The molecule has 0 aliphatic rings. The summed E-state index contributed by atoms with van der Waals surface area (Å²) in [5.74, 6) is 0.960. The number of nitrogens with one attached hydrogen (secondary N) is 1. The molecule has 0 radical (unpaired) electrons.